The van der Waals surface area contributed by atoms with Crippen LogP contribution in [0.15, 0.2) is 51.4 Å². The molecular formula is C24H23ClN4O4. The normalized spacial score (nSPS) is 10.9. The second-order valence-electron chi connectivity index (χ2n) is 7.26. The molecule has 0 bridgehead atoms. The highest BCUT2D eigenvalue weighted by Crippen LogP contribution is 2.31. The minimum absolute atomic E-state index is 0.0176. The zero-order valence-corrected chi connectivity index (χ0v) is 19.5. The third-order valence-corrected chi connectivity index (χ3v) is 5.75. The summed E-state index contributed by atoms with van der Waals surface area (Å²) in [6.45, 7) is 3.47. The summed E-state index contributed by atoms with van der Waals surface area (Å²) in [4.78, 5) is 13.2. The predicted molar refractivity (Wildman–Crippen MR) is 125 cm³/mol. The van der Waals surface area contributed by atoms with Gasteiger partial charge < -0.3 is 14.6 Å². The van der Waals surface area contributed by atoms with Gasteiger partial charge in [-0.25, -0.2) is 0 Å². The average Bonchev–Trinajstić information content (AvgIpc) is 2.81. The van der Waals surface area contributed by atoms with E-state index in [0.29, 0.717) is 34.2 Å². The topological polar surface area (TPSA) is 109 Å². The van der Waals surface area contributed by atoms with Gasteiger partial charge in [-0.15, -0.1) is 5.11 Å². The fraction of sp³-hybridized carbons (Fsp3) is 0.250. The van der Waals surface area contributed by atoms with Crippen LogP contribution in [0.5, 0.6) is 17.4 Å². The summed E-state index contributed by atoms with van der Waals surface area (Å²) in [5.41, 5.74) is 1.74. The average molecular weight is 467 g/mol. The first-order valence-electron chi connectivity index (χ1n) is 10.1. The van der Waals surface area contributed by atoms with Crippen LogP contribution in [0.25, 0.3) is 0 Å². The van der Waals surface area contributed by atoms with Crippen LogP contribution < -0.4 is 15.0 Å². The van der Waals surface area contributed by atoms with Gasteiger partial charge in [-0.05, 0) is 55.7 Å². The van der Waals surface area contributed by atoms with Crippen LogP contribution >= 0.6 is 11.6 Å². The summed E-state index contributed by atoms with van der Waals surface area (Å²) in [5.74, 6) is 0.736. The SMILES string of the molecule is COc1ccc(CCn2c(O)c(C#N)c(C)c(N=Nc3cccc(Cl)c3C)c2=O)cc1OC. The minimum atomic E-state index is -0.548. The molecule has 3 rings (SSSR count). The first-order valence-corrected chi connectivity index (χ1v) is 10.4. The molecule has 9 heteroatoms. The molecule has 8 nitrogen and oxygen atoms in total. The van der Waals surface area contributed by atoms with E-state index in [1.807, 2.05) is 12.1 Å². The fourth-order valence-electron chi connectivity index (χ4n) is 3.35. The molecule has 0 amide bonds. The minimum Gasteiger partial charge on any atom is -0.493 e. The number of hydrogen-bond donors (Lipinski definition) is 1. The van der Waals surface area contributed by atoms with Crippen LogP contribution in [0.4, 0.5) is 11.4 Å². The maximum Gasteiger partial charge on any atom is 0.281 e. The molecule has 1 heterocycles. The first kappa shape index (κ1) is 23.8. The second kappa shape index (κ2) is 10.2. The smallest absolute Gasteiger partial charge is 0.281 e. The van der Waals surface area contributed by atoms with Crippen LogP contribution in [0.3, 0.4) is 0 Å². The van der Waals surface area contributed by atoms with Gasteiger partial charge in [0, 0.05) is 17.1 Å². The van der Waals surface area contributed by atoms with Gasteiger partial charge in [0.2, 0.25) is 5.88 Å². The van der Waals surface area contributed by atoms with Crippen molar-refractivity contribution in [3.05, 3.63) is 74.0 Å². The lowest BCUT2D eigenvalue weighted by Gasteiger charge is -2.14. The molecule has 0 saturated heterocycles. The van der Waals surface area contributed by atoms with E-state index >= 15 is 0 Å². The van der Waals surface area contributed by atoms with Crippen molar-refractivity contribution in [2.24, 2.45) is 10.2 Å². The largest absolute Gasteiger partial charge is 0.493 e. The molecule has 1 aromatic heterocycles. The quantitative estimate of drug-likeness (QED) is 0.470. The number of aromatic nitrogens is 1. The highest BCUT2D eigenvalue weighted by molar-refractivity contribution is 6.31. The van der Waals surface area contributed by atoms with E-state index in [-0.39, 0.29) is 23.4 Å². The standard InChI is InChI=1S/C24H23ClN4O4/c1-14-17(13-26)23(30)29(11-10-16-8-9-20(32-3)21(12-16)33-4)24(31)22(14)28-27-19-7-5-6-18(25)15(19)2/h5-9,12,30H,10-11H2,1-4H3. The zero-order valence-electron chi connectivity index (χ0n) is 18.7. The summed E-state index contributed by atoms with van der Waals surface area (Å²) in [5, 5.41) is 29.0. The van der Waals surface area contributed by atoms with E-state index in [0.717, 1.165) is 10.1 Å². The number of hydrogen-bond acceptors (Lipinski definition) is 7. The predicted octanol–water partition coefficient (Wildman–Crippen LogP) is 5.37. The molecule has 170 valence electrons. The lowest BCUT2D eigenvalue weighted by Crippen LogP contribution is -2.23. The Morgan fingerprint density at radius 3 is 2.48 bits per heavy atom. The number of ether oxygens (including phenoxy) is 2. The third-order valence-electron chi connectivity index (χ3n) is 5.34. The van der Waals surface area contributed by atoms with Crippen LogP contribution in [-0.4, -0.2) is 23.9 Å². The molecule has 2 aromatic carbocycles. The lowest BCUT2D eigenvalue weighted by molar-refractivity contribution is 0.354. The van der Waals surface area contributed by atoms with E-state index in [4.69, 9.17) is 21.1 Å². The molecule has 0 aliphatic heterocycles. The van der Waals surface area contributed by atoms with E-state index in [1.54, 1.807) is 51.3 Å². The molecular weight excluding hydrogens is 444 g/mol. The maximum atomic E-state index is 13.2. The summed E-state index contributed by atoms with van der Waals surface area (Å²) in [6.07, 6.45) is 0.395. The number of pyridine rings is 1. The Labute approximate surface area is 196 Å². The third kappa shape index (κ3) is 4.83. The number of benzene rings is 2. The van der Waals surface area contributed by atoms with Crippen molar-refractivity contribution in [2.45, 2.75) is 26.8 Å². The van der Waals surface area contributed by atoms with Gasteiger partial charge in [-0.2, -0.15) is 10.4 Å². The Morgan fingerprint density at radius 2 is 1.82 bits per heavy atom. The van der Waals surface area contributed by atoms with Crippen LogP contribution in [0.1, 0.15) is 22.3 Å². The van der Waals surface area contributed by atoms with Gasteiger partial charge in [0.25, 0.3) is 5.56 Å². The molecule has 1 N–H and O–H groups in total. The summed E-state index contributed by atoms with van der Waals surface area (Å²) < 4.78 is 11.7. The number of halogens is 1. The molecule has 0 unspecified atom stereocenters. The van der Waals surface area contributed by atoms with E-state index in [2.05, 4.69) is 10.2 Å². The summed E-state index contributed by atoms with van der Waals surface area (Å²) >= 11 is 6.13. The highest BCUT2D eigenvalue weighted by Gasteiger charge is 2.19. The Balaban J connectivity index is 2.01. The van der Waals surface area contributed by atoms with Gasteiger partial charge >= 0.3 is 0 Å². The van der Waals surface area contributed by atoms with Gasteiger partial charge in [0.15, 0.2) is 17.2 Å². The summed E-state index contributed by atoms with van der Waals surface area (Å²) in [6, 6.07) is 12.5. The van der Waals surface area contributed by atoms with Gasteiger partial charge in [0.05, 0.1) is 19.9 Å². The van der Waals surface area contributed by atoms with Crippen molar-refractivity contribution in [3.63, 3.8) is 0 Å². The van der Waals surface area contributed by atoms with Crippen LogP contribution in [0.2, 0.25) is 5.02 Å². The number of aromatic hydroxyl groups is 1. The zero-order chi connectivity index (χ0) is 24.1. The molecule has 0 saturated carbocycles. The Hall–Kier alpha value is -3.83. The molecule has 0 aliphatic carbocycles. The van der Waals surface area contributed by atoms with Crippen molar-refractivity contribution in [3.8, 4) is 23.4 Å². The Kier molecular flexibility index (Phi) is 7.36. The number of aryl methyl sites for hydroxylation is 1. The molecule has 0 spiro atoms. The molecule has 0 fully saturated rings. The van der Waals surface area contributed by atoms with Gasteiger partial charge in [-0.3, -0.25) is 9.36 Å². The maximum absolute atomic E-state index is 13.2. The van der Waals surface area contributed by atoms with E-state index < -0.39 is 11.4 Å². The number of nitrogens with zero attached hydrogens (tertiary/aromatic N) is 4. The van der Waals surface area contributed by atoms with Gasteiger partial charge in [0.1, 0.15) is 11.6 Å². The number of azo groups is 1. The van der Waals surface area contributed by atoms with Gasteiger partial charge in [-0.1, -0.05) is 23.7 Å². The van der Waals surface area contributed by atoms with Crippen molar-refractivity contribution in [2.75, 3.05) is 14.2 Å². The van der Waals surface area contributed by atoms with Crippen molar-refractivity contribution >= 4 is 23.0 Å². The molecule has 0 radical (unpaired) electrons. The number of rotatable bonds is 7. The Morgan fingerprint density at radius 1 is 1.09 bits per heavy atom. The molecule has 33 heavy (non-hydrogen) atoms. The number of methoxy groups -OCH3 is 2. The first-order chi connectivity index (χ1) is 15.8. The van der Waals surface area contributed by atoms with Crippen molar-refractivity contribution in [1.82, 2.24) is 4.57 Å². The van der Waals surface area contributed by atoms with Crippen molar-refractivity contribution < 1.29 is 14.6 Å². The monoisotopic (exact) mass is 466 g/mol. The van der Waals surface area contributed by atoms with E-state index in [9.17, 15) is 15.2 Å². The number of nitriles is 1. The van der Waals surface area contributed by atoms with Crippen LogP contribution in [-0.2, 0) is 13.0 Å². The molecule has 3 aromatic rings. The molecule has 0 atom stereocenters. The lowest BCUT2D eigenvalue weighted by atomic mass is 10.1. The van der Waals surface area contributed by atoms with E-state index in [1.165, 1.54) is 7.11 Å². The summed E-state index contributed by atoms with van der Waals surface area (Å²) in [7, 11) is 3.09. The highest BCUT2D eigenvalue weighted by atomic mass is 35.5. The Bertz CT molecular complexity index is 1330. The molecule has 0 aliphatic rings. The van der Waals surface area contributed by atoms with Crippen molar-refractivity contribution in [1.29, 1.82) is 5.26 Å². The second-order valence-corrected chi connectivity index (χ2v) is 7.67. The van der Waals surface area contributed by atoms with Crippen LogP contribution in [0, 0.1) is 25.2 Å². The fourth-order valence-corrected chi connectivity index (χ4v) is 3.52.